The van der Waals surface area contributed by atoms with Crippen molar-refractivity contribution in [3.8, 4) is 11.8 Å². The van der Waals surface area contributed by atoms with Crippen molar-refractivity contribution in [2.45, 2.75) is 6.92 Å². The van der Waals surface area contributed by atoms with Crippen molar-refractivity contribution in [3.05, 3.63) is 59.7 Å². The molecule has 0 aromatic heterocycles. The number of carbonyl (C=O) groups is 2. The van der Waals surface area contributed by atoms with Crippen LogP contribution in [0.2, 0.25) is 0 Å². The van der Waals surface area contributed by atoms with Gasteiger partial charge in [-0.25, -0.2) is 0 Å². The quantitative estimate of drug-likeness (QED) is 0.692. The highest BCUT2D eigenvalue weighted by atomic mass is 16.5. The predicted molar refractivity (Wildman–Crippen MR) is 76.9 cm³/mol. The van der Waals surface area contributed by atoms with Gasteiger partial charge in [0.05, 0.1) is 11.6 Å². The van der Waals surface area contributed by atoms with Crippen LogP contribution in [0.5, 0.6) is 5.75 Å². The molecule has 0 fully saturated rings. The maximum Gasteiger partial charge on any atom is 0.308 e. The first kappa shape index (κ1) is 14.3. The van der Waals surface area contributed by atoms with Gasteiger partial charge >= 0.3 is 5.97 Å². The van der Waals surface area contributed by atoms with E-state index in [1.807, 2.05) is 6.07 Å². The lowest BCUT2D eigenvalue weighted by atomic mass is 10.2. The molecule has 2 rings (SSSR count). The van der Waals surface area contributed by atoms with Gasteiger partial charge in [0.2, 0.25) is 0 Å². The molecule has 1 N–H and O–H groups in total. The number of hydrogen-bond donors (Lipinski definition) is 1. The number of esters is 1. The van der Waals surface area contributed by atoms with Crippen molar-refractivity contribution >= 4 is 17.6 Å². The number of hydrogen-bond acceptors (Lipinski definition) is 4. The molecule has 1 amide bonds. The van der Waals surface area contributed by atoms with Crippen LogP contribution in [0.3, 0.4) is 0 Å². The first-order valence-corrected chi connectivity index (χ1v) is 6.18. The number of carbonyl (C=O) groups excluding carboxylic acids is 2. The molecule has 0 aliphatic heterocycles. The molecule has 0 unspecified atom stereocenters. The van der Waals surface area contributed by atoms with Gasteiger partial charge in [-0.15, -0.1) is 0 Å². The van der Waals surface area contributed by atoms with Gasteiger partial charge in [0.1, 0.15) is 5.75 Å². The molecule has 21 heavy (non-hydrogen) atoms. The van der Waals surface area contributed by atoms with Gasteiger partial charge in [0.25, 0.3) is 5.91 Å². The molecule has 0 heterocycles. The SMILES string of the molecule is CC(=O)Oc1ccc(C(=O)Nc2cccc(C#N)c2)cc1. The van der Waals surface area contributed by atoms with Crippen molar-refractivity contribution in [2.75, 3.05) is 5.32 Å². The van der Waals surface area contributed by atoms with Crippen molar-refractivity contribution in [3.63, 3.8) is 0 Å². The van der Waals surface area contributed by atoms with E-state index in [0.29, 0.717) is 22.6 Å². The second-order valence-electron chi connectivity index (χ2n) is 4.26. The van der Waals surface area contributed by atoms with Gasteiger partial charge in [-0.05, 0) is 42.5 Å². The molecule has 5 nitrogen and oxygen atoms in total. The molecule has 2 aromatic carbocycles. The summed E-state index contributed by atoms with van der Waals surface area (Å²) < 4.78 is 4.89. The summed E-state index contributed by atoms with van der Waals surface area (Å²) in [4.78, 5) is 22.9. The van der Waals surface area contributed by atoms with E-state index in [-0.39, 0.29) is 5.91 Å². The van der Waals surface area contributed by atoms with Crippen LogP contribution in [0.15, 0.2) is 48.5 Å². The smallest absolute Gasteiger partial charge is 0.308 e. The van der Waals surface area contributed by atoms with Crippen LogP contribution in [0, 0.1) is 11.3 Å². The first-order valence-electron chi connectivity index (χ1n) is 6.18. The van der Waals surface area contributed by atoms with Gasteiger partial charge in [-0.3, -0.25) is 9.59 Å². The van der Waals surface area contributed by atoms with Gasteiger partial charge in [0.15, 0.2) is 0 Å². The number of nitriles is 1. The average Bonchev–Trinajstić information content (AvgIpc) is 2.47. The Labute approximate surface area is 121 Å². The molecule has 0 bridgehead atoms. The molecule has 0 aliphatic rings. The van der Waals surface area contributed by atoms with E-state index >= 15 is 0 Å². The Kier molecular flexibility index (Phi) is 4.32. The van der Waals surface area contributed by atoms with Gasteiger partial charge < -0.3 is 10.1 Å². The Bertz CT molecular complexity index is 715. The van der Waals surface area contributed by atoms with Crippen LogP contribution < -0.4 is 10.1 Å². The fraction of sp³-hybridized carbons (Fsp3) is 0.0625. The maximum atomic E-state index is 12.0. The standard InChI is InChI=1S/C16H12N2O3/c1-11(19)21-15-7-5-13(6-8-15)16(20)18-14-4-2-3-12(9-14)10-17/h2-9H,1H3,(H,18,20). The lowest BCUT2D eigenvalue weighted by Crippen LogP contribution is -2.12. The van der Waals surface area contributed by atoms with Crippen molar-refractivity contribution < 1.29 is 14.3 Å². The zero-order chi connectivity index (χ0) is 15.2. The first-order chi connectivity index (χ1) is 10.1. The number of anilines is 1. The fourth-order valence-corrected chi connectivity index (χ4v) is 1.71. The predicted octanol–water partition coefficient (Wildman–Crippen LogP) is 2.74. The zero-order valence-corrected chi connectivity index (χ0v) is 11.3. The lowest BCUT2D eigenvalue weighted by Gasteiger charge is -2.06. The Balaban J connectivity index is 2.09. The second-order valence-corrected chi connectivity index (χ2v) is 4.26. The number of benzene rings is 2. The van der Waals surface area contributed by atoms with E-state index in [4.69, 9.17) is 10.00 Å². The minimum absolute atomic E-state index is 0.306. The molecule has 0 atom stereocenters. The van der Waals surface area contributed by atoms with E-state index in [9.17, 15) is 9.59 Å². The van der Waals surface area contributed by atoms with Gasteiger partial charge in [-0.2, -0.15) is 5.26 Å². The highest BCUT2D eigenvalue weighted by molar-refractivity contribution is 6.04. The molecule has 0 spiro atoms. The largest absolute Gasteiger partial charge is 0.427 e. The van der Waals surface area contributed by atoms with Crippen LogP contribution in [-0.4, -0.2) is 11.9 Å². The second kappa shape index (κ2) is 6.35. The molecule has 5 heteroatoms. The minimum Gasteiger partial charge on any atom is -0.427 e. The molecule has 0 saturated carbocycles. The van der Waals surface area contributed by atoms with E-state index in [2.05, 4.69) is 5.32 Å². The molecule has 2 aromatic rings. The number of rotatable bonds is 3. The fourth-order valence-electron chi connectivity index (χ4n) is 1.71. The number of ether oxygens (including phenoxy) is 1. The van der Waals surface area contributed by atoms with E-state index in [1.54, 1.807) is 48.5 Å². The maximum absolute atomic E-state index is 12.0. The summed E-state index contributed by atoms with van der Waals surface area (Å²) >= 11 is 0. The van der Waals surface area contributed by atoms with E-state index in [0.717, 1.165) is 0 Å². The van der Waals surface area contributed by atoms with Crippen LogP contribution >= 0.6 is 0 Å². The Hall–Kier alpha value is -3.13. The summed E-state index contributed by atoms with van der Waals surface area (Å²) in [5.74, 6) is -0.342. The Morgan fingerprint density at radius 1 is 1.14 bits per heavy atom. The lowest BCUT2D eigenvalue weighted by molar-refractivity contribution is -0.131. The van der Waals surface area contributed by atoms with Crippen LogP contribution in [0.25, 0.3) is 0 Å². The Morgan fingerprint density at radius 3 is 2.48 bits per heavy atom. The third-order valence-electron chi connectivity index (χ3n) is 2.63. The minimum atomic E-state index is -0.416. The molecule has 0 aliphatic carbocycles. The summed E-state index contributed by atoms with van der Waals surface area (Å²) in [7, 11) is 0. The molecular weight excluding hydrogens is 268 g/mol. The molecule has 0 radical (unpaired) electrons. The third kappa shape index (κ3) is 3.91. The Morgan fingerprint density at radius 2 is 1.86 bits per heavy atom. The highest BCUT2D eigenvalue weighted by Crippen LogP contribution is 2.15. The van der Waals surface area contributed by atoms with Gasteiger partial charge in [0, 0.05) is 18.2 Å². The van der Waals surface area contributed by atoms with Crippen LogP contribution in [-0.2, 0) is 4.79 Å². The van der Waals surface area contributed by atoms with Crippen LogP contribution in [0.4, 0.5) is 5.69 Å². The highest BCUT2D eigenvalue weighted by Gasteiger charge is 2.07. The van der Waals surface area contributed by atoms with Crippen molar-refractivity contribution in [2.24, 2.45) is 0 Å². The normalized spacial score (nSPS) is 9.52. The number of nitrogens with one attached hydrogen (secondary N) is 1. The molecule has 104 valence electrons. The summed E-state index contributed by atoms with van der Waals surface area (Å²) in [6.07, 6.45) is 0. The van der Waals surface area contributed by atoms with E-state index in [1.165, 1.54) is 6.92 Å². The third-order valence-corrected chi connectivity index (χ3v) is 2.63. The molecule has 0 saturated heterocycles. The number of amides is 1. The van der Waals surface area contributed by atoms with Crippen molar-refractivity contribution in [1.29, 1.82) is 5.26 Å². The summed E-state index contributed by atoms with van der Waals surface area (Å²) in [6.45, 7) is 1.31. The van der Waals surface area contributed by atoms with Crippen molar-refractivity contribution in [1.82, 2.24) is 0 Å². The summed E-state index contributed by atoms with van der Waals surface area (Å²) in [5, 5.41) is 11.5. The summed E-state index contributed by atoms with van der Waals surface area (Å²) in [6, 6.07) is 14.8. The zero-order valence-electron chi connectivity index (χ0n) is 11.3. The molecular formula is C16H12N2O3. The topological polar surface area (TPSA) is 79.2 Å². The van der Waals surface area contributed by atoms with Gasteiger partial charge in [-0.1, -0.05) is 6.07 Å². The van der Waals surface area contributed by atoms with Crippen LogP contribution in [0.1, 0.15) is 22.8 Å². The average molecular weight is 280 g/mol. The summed E-state index contributed by atoms with van der Waals surface area (Å²) in [5.41, 5.74) is 1.44. The monoisotopic (exact) mass is 280 g/mol. The van der Waals surface area contributed by atoms with E-state index < -0.39 is 5.97 Å². The number of nitrogens with zero attached hydrogens (tertiary/aromatic N) is 1.